The van der Waals surface area contributed by atoms with E-state index in [-0.39, 0.29) is 23.0 Å². The van der Waals surface area contributed by atoms with Gasteiger partial charge in [-0.25, -0.2) is 0 Å². The molecule has 2 fully saturated rings. The van der Waals surface area contributed by atoms with Crippen LogP contribution in [0.1, 0.15) is 55.5 Å². The predicted octanol–water partition coefficient (Wildman–Crippen LogP) is 3.36. The number of fused-ring (bicyclic) bond motifs is 4. The van der Waals surface area contributed by atoms with Crippen molar-refractivity contribution < 1.29 is 9.90 Å². The fourth-order valence-corrected chi connectivity index (χ4v) is 4.95. The van der Waals surface area contributed by atoms with Gasteiger partial charge in [-0.05, 0) is 67.8 Å². The number of carbonyl (C=O) groups is 1. The summed E-state index contributed by atoms with van der Waals surface area (Å²) in [5, 5.41) is 9.93. The van der Waals surface area contributed by atoms with E-state index in [4.69, 9.17) is 0 Å². The van der Waals surface area contributed by atoms with Crippen LogP contribution < -0.4 is 0 Å². The average Bonchev–Trinajstić information content (AvgIpc) is 3.30. The molecule has 1 N–H and O–H groups in total. The summed E-state index contributed by atoms with van der Waals surface area (Å²) in [6, 6.07) is 5.39. The Hall–Kier alpha value is -1.35. The number of Topliss-reactive ketones (excluding diaryl/α,β-unsaturated/α-hetero) is 1. The van der Waals surface area contributed by atoms with Crippen LogP contribution in [0.25, 0.3) is 0 Å². The van der Waals surface area contributed by atoms with Gasteiger partial charge in [0.05, 0.1) is 6.04 Å². The third kappa shape index (κ3) is 1.88. The average molecular weight is 299 g/mol. The van der Waals surface area contributed by atoms with Crippen LogP contribution >= 0.6 is 0 Å². The molecular formula is C19H25NO2. The van der Waals surface area contributed by atoms with Crippen molar-refractivity contribution >= 4 is 5.78 Å². The fraction of sp³-hybridized carbons (Fsp3) is 0.632. The Balaban J connectivity index is 1.81. The van der Waals surface area contributed by atoms with Crippen molar-refractivity contribution in [2.75, 3.05) is 13.1 Å². The fourth-order valence-electron chi connectivity index (χ4n) is 4.95. The van der Waals surface area contributed by atoms with Crippen LogP contribution in [0.4, 0.5) is 0 Å². The molecule has 0 radical (unpaired) electrons. The third-order valence-electron chi connectivity index (χ3n) is 6.48. The number of hydrogen-bond acceptors (Lipinski definition) is 3. The van der Waals surface area contributed by atoms with E-state index in [1.165, 1.54) is 12.8 Å². The summed E-state index contributed by atoms with van der Waals surface area (Å²) in [4.78, 5) is 15.5. The van der Waals surface area contributed by atoms with Gasteiger partial charge < -0.3 is 5.11 Å². The SMILES string of the molecule is CC[C@]12CCN(CC3CC3)[C@@H](C(=O)c3ccc(O)cc31)C2C. The van der Waals surface area contributed by atoms with E-state index in [1.54, 1.807) is 6.07 Å². The van der Waals surface area contributed by atoms with Crippen LogP contribution in [-0.4, -0.2) is 34.9 Å². The lowest BCUT2D eigenvalue weighted by Crippen LogP contribution is -2.61. The quantitative estimate of drug-likeness (QED) is 0.930. The number of piperidine rings is 1. The molecule has 3 atom stereocenters. The van der Waals surface area contributed by atoms with Crippen molar-refractivity contribution in [1.29, 1.82) is 0 Å². The molecule has 1 heterocycles. The van der Waals surface area contributed by atoms with Gasteiger partial charge >= 0.3 is 0 Å². The summed E-state index contributed by atoms with van der Waals surface area (Å²) in [7, 11) is 0. The van der Waals surface area contributed by atoms with E-state index in [0.29, 0.717) is 5.92 Å². The first kappa shape index (κ1) is 14.3. The van der Waals surface area contributed by atoms with Crippen molar-refractivity contribution in [2.24, 2.45) is 11.8 Å². The maximum Gasteiger partial charge on any atom is 0.180 e. The Morgan fingerprint density at radius 2 is 2.14 bits per heavy atom. The largest absolute Gasteiger partial charge is 0.508 e. The molecule has 4 rings (SSSR count). The first-order valence-electron chi connectivity index (χ1n) is 8.68. The maximum absolute atomic E-state index is 13.1. The number of rotatable bonds is 3. The van der Waals surface area contributed by atoms with E-state index in [2.05, 4.69) is 18.7 Å². The van der Waals surface area contributed by atoms with Gasteiger partial charge in [0.2, 0.25) is 0 Å². The number of carbonyl (C=O) groups excluding carboxylic acids is 1. The van der Waals surface area contributed by atoms with Gasteiger partial charge in [-0.15, -0.1) is 0 Å². The van der Waals surface area contributed by atoms with Crippen LogP contribution in [0.15, 0.2) is 18.2 Å². The number of hydrogen-bond donors (Lipinski definition) is 1. The molecule has 0 amide bonds. The van der Waals surface area contributed by atoms with Crippen molar-refractivity contribution in [3.05, 3.63) is 29.3 Å². The molecule has 1 aromatic rings. The second kappa shape index (κ2) is 4.82. The predicted molar refractivity (Wildman–Crippen MR) is 86.3 cm³/mol. The van der Waals surface area contributed by atoms with Gasteiger partial charge in [-0.2, -0.15) is 0 Å². The highest BCUT2D eigenvalue weighted by molar-refractivity contribution is 6.03. The zero-order valence-corrected chi connectivity index (χ0v) is 13.5. The Labute approximate surface area is 132 Å². The van der Waals surface area contributed by atoms with Gasteiger partial charge in [0.15, 0.2) is 5.78 Å². The Morgan fingerprint density at radius 3 is 2.82 bits per heavy atom. The van der Waals surface area contributed by atoms with Crippen molar-refractivity contribution in [3.63, 3.8) is 0 Å². The number of ketones is 1. The van der Waals surface area contributed by atoms with Crippen LogP contribution in [-0.2, 0) is 5.41 Å². The molecule has 1 saturated heterocycles. The molecule has 2 bridgehead atoms. The molecule has 1 unspecified atom stereocenters. The van der Waals surface area contributed by atoms with Crippen LogP contribution in [0.2, 0.25) is 0 Å². The molecule has 3 aliphatic rings. The number of aromatic hydroxyl groups is 1. The lowest BCUT2D eigenvalue weighted by atomic mass is 9.56. The molecular weight excluding hydrogens is 274 g/mol. The lowest BCUT2D eigenvalue weighted by Gasteiger charge is -2.55. The van der Waals surface area contributed by atoms with Crippen LogP contribution in [0.5, 0.6) is 5.75 Å². The molecule has 22 heavy (non-hydrogen) atoms. The molecule has 0 aromatic heterocycles. The van der Waals surface area contributed by atoms with Crippen molar-refractivity contribution in [2.45, 2.75) is 51.0 Å². The molecule has 3 nitrogen and oxygen atoms in total. The lowest BCUT2D eigenvalue weighted by molar-refractivity contribution is 0.0196. The molecule has 0 spiro atoms. The third-order valence-corrected chi connectivity index (χ3v) is 6.48. The van der Waals surface area contributed by atoms with Crippen LogP contribution in [0.3, 0.4) is 0 Å². The Bertz CT molecular complexity index is 622. The van der Waals surface area contributed by atoms with Gasteiger partial charge in [-0.3, -0.25) is 9.69 Å². The summed E-state index contributed by atoms with van der Waals surface area (Å²) < 4.78 is 0. The Kier molecular flexibility index (Phi) is 3.12. The molecule has 1 aromatic carbocycles. The summed E-state index contributed by atoms with van der Waals surface area (Å²) in [6.45, 7) is 6.58. The summed E-state index contributed by atoms with van der Waals surface area (Å²) >= 11 is 0. The highest BCUT2D eigenvalue weighted by atomic mass is 16.3. The zero-order chi connectivity index (χ0) is 15.5. The Morgan fingerprint density at radius 1 is 1.36 bits per heavy atom. The van der Waals surface area contributed by atoms with Gasteiger partial charge in [0, 0.05) is 17.5 Å². The van der Waals surface area contributed by atoms with Crippen molar-refractivity contribution in [1.82, 2.24) is 4.90 Å². The molecule has 2 aliphatic carbocycles. The number of benzene rings is 1. The smallest absolute Gasteiger partial charge is 0.180 e. The molecule has 3 heteroatoms. The summed E-state index contributed by atoms with van der Waals surface area (Å²) in [5.74, 6) is 1.69. The standard InChI is InChI=1S/C19H25NO2/c1-3-19-8-9-20(11-13-4-5-13)17(12(19)2)18(22)15-7-6-14(21)10-16(15)19/h6-7,10,12-13,17,21H,3-5,8-9,11H2,1-2H3/t12?,17-,19-/m1/s1. The van der Waals surface area contributed by atoms with Crippen LogP contribution in [0, 0.1) is 11.8 Å². The maximum atomic E-state index is 13.1. The monoisotopic (exact) mass is 299 g/mol. The number of phenolic OH excluding ortho intramolecular Hbond substituents is 1. The number of likely N-dealkylation sites (tertiary alicyclic amines) is 1. The molecule has 1 saturated carbocycles. The van der Waals surface area contributed by atoms with E-state index < -0.39 is 0 Å². The first-order chi connectivity index (χ1) is 10.6. The van der Waals surface area contributed by atoms with E-state index in [1.807, 2.05) is 12.1 Å². The minimum Gasteiger partial charge on any atom is -0.508 e. The summed E-state index contributed by atoms with van der Waals surface area (Å²) in [6.07, 6.45) is 4.79. The van der Waals surface area contributed by atoms with E-state index in [0.717, 1.165) is 43.0 Å². The van der Waals surface area contributed by atoms with Gasteiger partial charge in [0.1, 0.15) is 5.75 Å². The van der Waals surface area contributed by atoms with Crippen molar-refractivity contribution in [3.8, 4) is 5.75 Å². The summed E-state index contributed by atoms with van der Waals surface area (Å²) in [5.41, 5.74) is 1.99. The molecule has 118 valence electrons. The van der Waals surface area contributed by atoms with Gasteiger partial charge in [0.25, 0.3) is 0 Å². The van der Waals surface area contributed by atoms with E-state index in [9.17, 15) is 9.90 Å². The minimum atomic E-state index is 0.0337. The second-order valence-corrected chi connectivity index (χ2v) is 7.53. The first-order valence-corrected chi connectivity index (χ1v) is 8.68. The highest BCUT2D eigenvalue weighted by Crippen LogP contribution is 2.51. The second-order valence-electron chi connectivity index (χ2n) is 7.53. The highest BCUT2D eigenvalue weighted by Gasteiger charge is 2.54. The van der Waals surface area contributed by atoms with Gasteiger partial charge in [-0.1, -0.05) is 13.8 Å². The minimum absolute atomic E-state index is 0.0337. The van der Waals surface area contributed by atoms with E-state index >= 15 is 0 Å². The number of nitrogens with zero attached hydrogens (tertiary/aromatic N) is 1. The topological polar surface area (TPSA) is 40.5 Å². The molecule has 1 aliphatic heterocycles. The number of phenols is 1. The normalized spacial score (nSPS) is 34.5. The zero-order valence-electron chi connectivity index (χ0n) is 13.5.